The molecule has 21 heavy (non-hydrogen) atoms. The van der Waals surface area contributed by atoms with Crippen molar-refractivity contribution in [2.75, 3.05) is 0 Å². The maximum Gasteiger partial charge on any atom is 0.354 e. The average Bonchev–Trinajstić information content (AvgIpc) is 2.41. The highest BCUT2D eigenvalue weighted by atomic mass is 16.6. The number of aromatic amines is 1. The predicted molar refractivity (Wildman–Crippen MR) is 68.3 cm³/mol. The molecule has 0 atom stereocenters. The van der Waals surface area contributed by atoms with Gasteiger partial charge in [-0.25, -0.2) is 14.6 Å². The Labute approximate surface area is 115 Å². The predicted octanol–water partition coefficient (Wildman–Crippen LogP) is -0.414. The van der Waals surface area contributed by atoms with Gasteiger partial charge in [-0.15, -0.1) is 0 Å². The highest BCUT2D eigenvalue weighted by Crippen LogP contribution is 2.04. The molecule has 0 saturated carbocycles. The molecule has 0 spiro atoms. The molecule has 10 heteroatoms. The number of aromatic nitrogens is 3. The van der Waals surface area contributed by atoms with E-state index in [-0.39, 0.29) is 17.9 Å². The van der Waals surface area contributed by atoms with Crippen LogP contribution in [-0.4, -0.2) is 30.5 Å². The smallest absolute Gasteiger partial charge is 0.354 e. The topological polar surface area (TPSA) is 148 Å². The summed E-state index contributed by atoms with van der Waals surface area (Å²) < 4.78 is 0.869. The minimum atomic E-state index is -1.24. The molecular formula is C11H8N4O6. The number of carboxylic acid groups (broad SMARTS) is 1. The number of pyridine rings is 1. The largest absolute Gasteiger partial charge is 0.477 e. The SMILES string of the molecule is O=C(O)c1cccc(Cn2cc([N+](=O)[O-])c(=O)[nH]c2=O)n1. The van der Waals surface area contributed by atoms with Crippen LogP contribution in [0.5, 0.6) is 0 Å². The molecule has 0 radical (unpaired) electrons. The third kappa shape index (κ3) is 3.00. The van der Waals surface area contributed by atoms with Gasteiger partial charge in [-0.1, -0.05) is 6.07 Å². The molecule has 0 saturated heterocycles. The Bertz CT molecular complexity index is 837. The zero-order valence-electron chi connectivity index (χ0n) is 10.3. The number of rotatable bonds is 4. The first-order valence-electron chi connectivity index (χ1n) is 5.56. The maximum absolute atomic E-state index is 11.6. The molecule has 0 amide bonds. The van der Waals surface area contributed by atoms with Gasteiger partial charge in [0.25, 0.3) is 0 Å². The van der Waals surface area contributed by atoms with Crippen LogP contribution in [0, 0.1) is 10.1 Å². The van der Waals surface area contributed by atoms with E-state index in [4.69, 9.17) is 5.11 Å². The molecule has 2 heterocycles. The van der Waals surface area contributed by atoms with Gasteiger partial charge in [0.05, 0.1) is 23.4 Å². The van der Waals surface area contributed by atoms with Crippen LogP contribution < -0.4 is 11.2 Å². The lowest BCUT2D eigenvalue weighted by molar-refractivity contribution is -0.386. The van der Waals surface area contributed by atoms with Crippen molar-refractivity contribution in [3.8, 4) is 0 Å². The number of hydrogen-bond acceptors (Lipinski definition) is 6. The lowest BCUT2D eigenvalue weighted by Crippen LogP contribution is -2.31. The van der Waals surface area contributed by atoms with Gasteiger partial charge in [0.2, 0.25) is 0 Å². The first-order chi connectivity index (χ1) is 9.88. The van der Waals surface area contributed by atoms with Gasteiger partial charge in [0, 0.05) is 0 Å². The zero-order valence-corrected chi connectivity index (χ0v) is 10.3. The highest BCUT2D eigenvalue weighted by Gasteiger charge is 2.15. The number of hydrogen-bond donors (Lipinski definition) is 2. The minimum Gasteiger partial charge on any atom is -0.477 e. The fourth-order valence-electron chi connectivity index (χ4n) is 1.61. The molecule has 0 aliphatic carbocycles. The summed E-state index contributed by atoms with van der Waals surface area (Å²) in [7, 11) is 0. The van der Waals surface area contributed by atoms with E-state index in [1.165, 1.54) is 18.2 Å². The van der Waals surface area contributed by atoms with E-state index in [9.17, 15) is 24.5 Å². The second-order valence-corrected chi connectivity index (χ2v) is 3.98. The number of aromatic carboxylic acids is 1. The molecule has 0 aromatic carbocycles. The first-order valence-corrected chi connectivity index (χ1v) is 5.56. The van der Waals surface area contributed by atoms with Crippen LogP contribution in [0.25, 0.3) is 0 Å². The van der Waals surface area contributed by atoms with Crippen molar-refractivity contribution < 1.29 is 14.8 Å². The molecule has 0 fully saturated rings. The summed E-state index contributed by atoms with van der Waals surface area (Å²) in [4.78, 5) is 48.9. The fraction of sp³-hybridized carbons (Fsp3) is 0.0909. The second kappa shape index (κ2) is 5.36. The Hall–Kier alpha value is -3.30. The van der Waals surface area contributed by atoms with Crippen molar-refractivity contribution in [3.63, 3.8) is 0 Å². The van der Waals surface area contributed by atoms with Gasteiger partial charge in [-0.05, 0) is 12.1 Å². The van der Waals surface area contributed by atoms with Crippen molar-refractivity contribution in [2.45, 2.75) is 6.54 Å². The quantitative estimate of drug-likeness (QED) is 0.574. The summed E-state index contributed by atoms with van der Waals surface area (Å²) in [5, 5.41) is 19.5. The molecule has 0 aliphatic rings. The summed E-state index contributed by atoms with van der Waals surface area (Å²) in [6.07, 6.45) is 0.788. The van der Waals surface area contributed by atoms with Gasteiger partial charge >= 0.3 is 22.9 Å². The highest BCUT2D eigenvalue weighted by molar-refractivity contribution is 5.85. The number of nitrogens with zero attached hydrogens (tertiary/aromatic N) is 3. The maximum atomic E-state index is 11.6. The number of nitrogens with one attached hydrogen (secondary N) is 1. The normalized spacial score (nSPS) is 10.3. The second-order valence-electron chi connectivity index (χ2n) is 3.98. The Morgan fingerprint density at radius 2 is 2.14 bits per heavy atom. The van der Waals surface area contributed by atoms with Crippen molar-refractivity contribution >= 4 is 11.7 Å². The van der Waals surface area contributed by atoms with Gasteiger partial charge in [0.15, 0.2) is 0 Å². The van der Waals surface area contributed by atoms with E-state index in [2.05, 4.69) is 4.98 Å². The first kappa shape index (κ1) is 14.1. The Kier molecular flexibility index (Phi) is 3.61. The molecule has 0 bridgehead atoms. The van der Waals surface area contributed by atoms with E-state index in [1.807, 2.05) is 4.98 Å². The standard InChI is InChI=1S/C11H8N4O6/c16-9-8(15(20)21)5-14(11(19)13-9)4-6-2-1-3-7(12-6)10(17)18/h1-3,5H,4H2,(H,17,18)(H,13,16,19). The average molecular weight is 292 g/mol. The van der Waals surface area contributed by atoms with E-state index in [1.54, 1.807) is 0 Å². The lowest BCUT2D eigenvalue weighted by atomic mass is 10.3. The minimum absolute atomic E-state index is 0.207. The van der Waals surface area contributed by atoms with Crippen LogP contribution in [0.15, 0.2) is 34.0 Å². The molecular weight excluding hydrogens is 284 g/mol. The van der Waals surface area contributed by atoms with E-state index < -0.39 is 27.8 Å². The van der Waals surface area contributed by atoms with Crippen LogP contribution in [-0.2, 0) is 6.54 Å². The Morgan fingerprint density at radius 3 is 2.76 bits per heavy atom. The fourth-order valence-corrected chi connectivity index (χ4v) is 1.61. The molecule has 0 aliphatic heterocycles. The summed E-state index contributed by atoms with van der Waals surface area (Å²) in [5.41, 5.74) is -2.76. The van der Waals surface area contributed by atoms with Crippen molar-refractivity contribution in [2.24, 2.45) is 0 Å². The summed E-state index contributed by atoms with van der Waals surface area (Å²) >= 11 is 0. The number of carboxylic acids is 1. The zero-order chi connectivity index (χ0) is 15.6. The molecule has 108 valence electrons. The molecule has 2 aromatic rings. The van der Waals surface area contributed by atoms with Crippen molar-refractivity contribution in [1.82, 2.24) is 14.5 Å². The van der Waals surface area contributed by atoms with Crippen molar-refractivity contribution in [3.05, 3.63) is 66.7 Å². The van der Waals surface area contributed by atoms with Gasteiger partial charge in [-0.2, -0.15) is 0 Å². The third-order valence-corrected chi connectivity index (χ3v) is 2.55. The van der Waals surface area contributed by atoms with Crippen LogP contribution in [0.1, 0.15) is 16.2 Å². The summed E-state index contributed by atoms with van der Waals surface area (Å²) in [6.45, 7) is -0.211. The van der Waals surface area contributed by atoms with E-state index in [0.29, 0.717) is 0 Å². The summed E-state index contributed by atoms with van der Waals surface area (Å²) in [5.74, 6) is -1.24. The summed E-state index contributed by atoms with van der Waals surface area (Å²) in [6, 6.07) is 4.15. The Balaban J connectivity index is 2.44. The Morgan fingerprint density at radius 1 is 1.43 bits per heavy atom. The van der Waals surface area contributed by atoms with Crippen LogP contribution >= 0.6 is 0 Å². The monoisotopic (exact) mass is 292 g/mol. The van der Waals surface area contributed by atoms with Crippen LogP contribution in [0.2, 0.25) is 0 Å². The van der Waals surface area contributed by atoms with Crippen LogP contribution in [0.4, 0.5) is 5.69 Å². The van der Waals surface area contributed by atoms with E-state index >= 15 is 0 Å². The molecule has 2 aromatic heterocycles. The van der Waals surface area contributed by atoms with Crippen molar-refractivity contribution in [1.29, 1.82) is 0 Å². The van der Waals surface area contributed by atoms with Gasteiger partial charge in [0.1, 0.15) is 5.69 Å². The molecule has 2 rings (SSSR count). The van der Waals surface area contributed by atoms with Gasteiger partial charge < -0.3 is 5.11 Å². The number of carbonyl (C=O) groups is 1. The molecule has 0 unspecified atom stereocenters. The third-order valence-electron chi connectivity index (χ3n) is 2.55. The molecule has 10 nitrogen and oxygen atoms in total. The van der Waals surface area contributed by atoms with E-state index in [0.717, 1.165) is 10.8 Å². The van der Waals surface area contributed by atoms with Crippen LogP contribution in [0.3, 0.4) is 0 Å². The molecule has 2 N–H and O–H groups in total. The van der Waals surface area contributed by atoms with Gasteiger partial charge in [-0.3, -0.25) is 24.5 Å². The number of nitro groups is 1. The lowest BCUT2D eigenvalue weighted by Gasteiger charge is -2.05. The number of H-pyrrole nitrogens is 1.